The van der Waals surface area contributed by atoms with Crippen molar-refractivity contribution in [3.63, 3.8) is 0 Å². The molecule has 2 rings (SSSR count). The van der Waals surface area contributed by atoms with Gasteiger partial charge in [0.05, 0.1) is 17.2 Å². The molecule has 8 heteroatoms. The van der Waals surface area contributed by atoms with E-state index in [1.54, 1.807) is 49.4 Å². The van der Waals surface area contributed by atoms with Crippen molar-refractivity contribution >= 4 is 15.8 Å². The number of aliphatic imine (C=N–C) groups is 1. The van der Waals surface area contributed by atoms with Crippen molar-refractivity contribution in [1.29, 1.82) is 0 Å². The second-order valence-electron chi connectivity index (χ2n) is 6.44. The Morgan fingerprint density at radius 1 is 1.19 bits per heavy atom. The lowest BCUT2D eigenvalue weighted by atomic mass is 10.0. The molecule has 2 aromatic rings. The molecule has 148 valence electrons. The molecule has 0 radical (unpaired) electrons. The van der Waals surface area contributed by atoms with Gasteiger partial charge in [0.1, 0.15) is 17.1 Å². The monoisotopic (exact) mass is 393 g/mol. The van der Waals surface area contributed by atoms with Crippen molar-refractivity contribution in [2.75, 3.05) is 25.4 Å². The fourth-order valence-electron chi connectivity index (χ4n) is 2.43. The molecule has 1 aromatic heterocycles. The third-order valence-corrected chi connectivity index (χ3v) is 5.66. The van der Waals surface area contributed by atoms with Gasteiger partial charge in [-0.05, 0) is 45.0 Å². The van der Waals surface area contributed by atoms with Gasteiger partial charge in [-0.3, -0.25) is 0 Å². The van der Waals surface area contributed by atoms with Crippen LogP contribution in [0, 0.1) is 6.92 Å². The lowest BCUT2D eigenvalue weighted by Gasteiger charge is -2.19. The van der Waals surface area contributed by atoms with Gasteiger partial charge in [-0.1, -0.05) is 18.2 Å². The van der Waals surface area contributed by atoms with Crippen LogP contribution in [0.5, 0.6) is 0 Å². The van der Waals surface area contributed by atoms with Crippen molar-refractivity contribution in [3.8, 4) is 0 Å². The summed E-state index contributed by atoms with van der Waals surface area (Å²) in [6.07, 6.45) is 0. The number of sulfone groups is 1. The van der Waals surface area contributed by atoms with Gasteiger partial charge in [-0.15, -0.1) is 0 Å². The molecule has 0 saturated carbocycles. The number of aryl methyl sites for hydroxylation is 1. The van der Waals surface area contributed by atoms with Crippen LogP contribution in [0.1, 0.15) is 25.4 Å². The van der Waals surface area contributed by atoms with Crippen molar-refractivity contribution in [2.24, 2.45) is 4.99 Å². The number of hydrogen-bond acceptors (Lipinski definition) is 5. The van der Waals surface area contributed by atoms with Crippen molar-refractivity contribution in [3.05, 3.63) is 54.0 Å². The molecule has 0 aliphatic heterocycles. The first-order chi connectivity index (χ1) is 12.7. The molecule has 1 unspecified atom stereocenters. The number of aliphatic hydroxyl groups is 1. The maximum absolute atomic E-state index is 12.3. The Morgan fingerprint density at radius 3 is 2.48 bits per heavy atom. The van der Waals surface area contributed by atoms with Crippen molar-refractivity contribution < 1.29 is 17.9 Å². The van der Waals surface area contributed by atoms with Crippen LogP contribution in [0.2, 0.25) is 0 Å². The summed E-state index contributed by atoms with van der Waals surface area (Å²) < 4.78 is 30.1. The van der Waals surface area contributed by atoms with Gasteiger partial charge in [0.2, 0.25) is 0 Å². The Kier molecular flexibility index (Phi) is 7.04. The minimum atomic E-state index is -3.36. The van der Waals surface area contributed by atoms with Crippen LogP contribution < -0.4 is 10.6 Å². The van der Waals surface area contributed by atoms with E-state index in [9.17, 15) is 13.5 Å². The Bertz CT molecular complexity index is 858. The number of nitrogens with zero attached hydrogens (tertiary/aromatic N) is 1. The van der Waals surface area contributed by atoms with Gasteiger partial charge in [0.15, 0.2) is 15.8 Å². The third kappa shape index (κ3) is 6.11. The smallest absolute Gasteiger partial charge is 0.191 e. The first kappa shape index (κ1) is 21.0. The molecule has 0 aliphatic carbocycles. The number of benzene rings is 1. The van der Waals surface area contributed by atoms with Crippen LogP contribution in [-0.2, 0) is 15.4 Å². The molecule has 0 spiro atoms. The minimum absolute atomic E-state index is 0.0603. The van der Waals surface area contributed by atoms with E-state index in [1.165, 1.54) is 0 Å². The Labute approximate surface area is 160 Å². The minimum Gasteiger partial charge on any atom is -0.463 e. The quantitative estimate of drug-likeness (QED) is 0.467. The van der Waals surface area contributed by atoms with Crippen LogP contribution in [0.3, 0.4) is 0 Å². The molecule has 0 saturated heterocycles. The maximum atomic E-state index is 12.3. The highest BCUT2D eigenvalue weighted by molar-refractivity contribution is 7.91. The highest BCUT2D eigenvalue weighted by Crippen LogP contribution is 2.23. The van der Waals surface area contributed by atoms with Crippen molar-refractivity contribution in [1.82, 2.24) is 10.6 Å². The van der Waals surface area contributed by atoms with E-state index in [2.05, 4.69) is 15.6 Å². The van der Waals surface area contributed by atoms with Crippen LogP contribution in [0.25, 0.3) is 0 Å². The molecular formula is C19H27N3O4S. The number of nitrogens with one attached hydrogen (secondary N) is 2. The fourth-order valence-corrected chi connectivity index (χ4v) is 3.60. The van der Waals surface area contributed by atoms with Gasteiger partial charge < -0.3 is 20.2 Å². The van der Waals surface area contributed by atoms with E-state index in [0.29, 0.717) is 28.9 Å². The molecule has 1 aromatic carbocycles. The summed E-state index contributed by atoms with van der Waals surface area (Å²) >= 11 is 0. The first-order valence-corrected chi connectivity index (χ1v) is 10.5. The van der Waals surface area contributed by atoms with Crippen LogP contribution >= 0.6 is 0 Å². The molecule has 1 heterocycles. The molecular weight excluding hydrogens is 366 g/mol. The average Bonchev–Trinajstić information content (AvgIpc) is 3.08. The third-order valence-electron chi connectivity index (χ3n) is 3.93. The van der Waals surface area contributed by atoms with Crippen LogP contribution in [-0.4, -0.2) is 44.9 Å². The van der Waals surface area contributed by atoms with Gasteiger partial charge in [-0.2, -0.15) is 0 Å². The van der Waals surface area contributed by atoms with Crippen LogP contribution in [0.4, 0.5) is 0 Å². The first-order valence-electron chi connectivity index (χ1n) is 8.84. The number of rotatable bonds is 8. The summed E-state index contributed by atoms with van der Waals surface area (Å²) in [4.78, 5) is 4.65. The molecule has 0 aliphatic rings. The molecule has 3 N–H and O–H groups in total. The summed E-state index contributed by atoms with van der Waals surface area (Å²) in [7, 11) is -3.36. The fraction of sp³-hybridized carbons (Fsp3) is 0.421. The zero-order valence-electron chi connectivity index (χ0n) is 15.9. The van der Waals surface area contributed by atoms with Crippen LogP contribution in [0.15, 0.2) is 56.8 Å². The molecule has 27 heavy (non-hydrogen) atoms. The topological polar surface area (TPSA) is 104 Å². The molecule has 7 nitrogen and oxygen atoms in total. The van der Waals surface area contributed by atoms with E-state index in [0.717, 1.165) is 0 Å². The number of hydrogen-bond donors (Lipinski definition) is 3. The zero-order valence-corrected chi connectivity index (χ0v) is 16.7. The highest BCUT2D eigenvalue weighted by Gasteiger charge is 2.26. The Morgan fingerprint density at radius 2 is 1.89 bits per heavy atom. The molecule has 0 bridgehead atoms. The molecule has 0 amide bonds. The Hall–Kier alpha value is -2.32. The highest BCUT2D eigenvalue weighted by atomic mass is 32.2. The number of guanidine groups is 1. The standard InChI is InChI=1S/C19H27N3O4S/c1-4-20-18(22-14-19(3,23)17-11-10-15(2)26-17)21-12-13-27(24,25)16-8-6-5-7-9-16/h5-11,23H,4,12-14H2,1-3H3,(H2,20,21,22). The van der Waals surface area contributed by atoms with Crippen molar-refractivity contribution in [2.45, 2.75) is 31.3 Å². The SMILES string of the molecule is CCNC(=NCC(C)(O)c1ccc(C)o1)NCCS(=O)(=O)c1ccccc1. The van der Waals surface area contributed by atoms with E-state index in [1.807, 2.05) is 13.8 Å². The van der Waals surface area contributed by atoms with E-state index in [-0.39, 0.29) is 18.8 Å². The lowest BCUT2D eigenvalue weighted by Crippen LogP contribution is -2.40. The normalized spacial score (nSPS) is 14.6. The van der Waals surface area contributed by atoms with E-state index >= 15 is 0 Å². The van der Waals surface area contributed by atoms with Gasteiger partial charge in [0.25, 0.3) is 0 Å². The van der Waals surface area contributed by atoms with E-state index in [4.69, 9.17) is 4.42 Å². The summed E-state index contributed by atoms with van der Waals surface area (Å²) in [6.45, 7) is 6.22. The summed E-state index contributed by atoms with van der Waals surface area (Å²) in [6, 6.07) is 11.8. The summed E-state index contributed by atoms with van der Waals surface area (Å²) in [5, 5.41) is 16.6. The second kappa shape index (κ2) is 9.05. The van der Waals surface area contributed by atoms with Gasteiger partial charge in [0, 0.05) is 13.1 Å². The maximum Gasteiger partial charge on any atom is 0.191 e. The second-order valence-corrected chi connectivity index (χ2v) is 8.55. The summed E-state index contributed by atoms with van der Waals surface area (Å²) in [5.74, 6) is 1.52. The predicted octanol–water partition coefficient (Wildman–Crippen LogP) is 1.82. The number of furan rings is 1. The zero-order chi connectivity index (χ0) is 19.9. The largest absolute Gasteiger partial charge is 0.463 e. The molecule has 1 atom stereocenters. The summed E-state index contributed by atoms with van der Waals surface area (Å²) in [5.41, 5.74) is -1.26. The lowest BCUT2D eigenvalue weighted by molar-refractivity contribution is 0.0428. The van der Waals surface area contributed by atoms with Gasteiger partial charge >= 0.3 is 0 Å². The molecule has 0 fully saturated rings. The van der Waals surface area contributed by atoms with Gasteiger partial charge in [-0.25, -0.2) is 13.4 Å². The average molecular weight is 394 g/mol. The Balaban J connectivity index is 1.97. The predicted molar refractivity (Wildman–Crippen MR) is 105 cm³/mol. The van der Waals surface area contributed by atoms with E-state index < -0.39 is 15.4 Å².